The molecule has 3 rings (SSSR count). The van der Waals surface area contributed by atoms with E-state index >= 15 is 0 Å². The Bertz CT molecular complexity index is 944. The van der Waals surface area contributed by atoms with Crippen LogP contribution in [0.5, 0.6) is 0 Å². The number of nitro benzene ring substituents is 1. The van der Waals surface area contributed by atoms with Crippen molar-refractivity contribution in [3.63, 3.8) is 0 Å². The van der Waals surface area contributed by atoms with Crippen LogP contribution in [0.4, 0.5) is 10.5 Å². The zero-order chi connectivity index (χ0) is 18.8. The van der Waals surface area contributed by atoms with Crippen LogP contribution >= 0.6 is 35.0 Å². The summed E-state index contributed by atoms with van der Waals surface area (Å²) in [5.74, 6) is -0.451. The molecule has 1 fully saturated rings. The van der Waals surface area contributed by atoms with E-state index < -0.39 is 16.1 Å². The molecule has 0 unspecified atom stereocenters. The summed E-state index contributed by atoms with van der Waals surface area (Å²) in [5, 5.41) is 11.1. The predicted molar refractivity (Wildman–Crippen MR) is 101 cm³/mol. The number of carbonyl (C=O) groups excluding carboxylic acids is 2. The van der Waals surface area contributed by atoms with Gasteiger partial charge in [-0.05, 0) is 47.2 Å². The lowest BCUT2D eigenvalue weighted by Gasteiger charge is -2.12. The first-order valence-corrected chi connectivity index (χ1v) is 8.86. The molecular weight excluding hydrogens is 399 g/mol. The molecule has 1 aliphatic rings. The molecule has 2 aromatic carbocycles. The van der Waals surface area contributed by atoms with Gasteiger partial charge in [-0.2, -0.15) is 0 Å². The molecule has 2 aromatic rings. The van der Waals surface area contributed by atoms with Crippen LogP contribution in [0.3, 0.4) is 0 Å². The standard InChI is InChI=1S/C17H10Cl2N2O4S/c18-12-4-1-10(2-5-12)9-20-16(22)15(26-17(20)23)8-11-3-6-13(19)14(7-11)21(24)25/h1-8H,9H2/b15-8-. The Morgan fingerprint density at radius 3 is 2.46 bits per heavy atom. The van der Waals surface area contributed by atoms with Crippen LogP contribution in [0, 0.1) is 10.1 Å². The molecule has 2 amide bonds. The Kier molecular flexibility index (Phi) is 5.31. The van der Waals surface area contributed by atoms with Crippen LogP contribution in [0.2, 0.25) is 10.0 Å². The fourth-order valence-electron chi connectivity index (χ4n) is 2.32. The lowest BCUT2D eigenvalue weighted by atomic mass is 10.1. The van der Waals surface area contributed by atoms with Crippen molar-refractivity contribution in [2.45, 2.75) is 6.54 Å². The molecule has 0 radical (unpaired) electrons. The molecule has 1 heterocycles. The van der Waals surface area contributed by atoms with E-state index in [0.717, 1.165) is 22.2 Å². The summed E-state index contributed by atoms with van der Waals surface area (Å²) in [5.41, 5.74) is 0.916. The highest BCUT2D eigenvalue weighted by molar-refractivity contribution is 8.18. The molecule has 0 N–H and O–H groups in total. The van der Waals surface area contributed by atoms with Crippen molar-refractivity contribution in [2.75, 3.05) is 0 Å². The van der Waals surface area contributed by atoms with Crippen LogP contribution in [0.1, 0.15) is 11.1 Å². The van der Waals surface area contributed by atoms with Crippen molar-refractivity contribution >= 4 is 57.9 Å². The normalized spacial score (nSPS) is 15.8. The molecule has 26 heavy (non-hydrogen) atoms. The molecule has 9 heteroatoms. The molecule has 0 bridgehead atoms. The lowest BCUT2D eigenvalue weighted by molar-refractivity contribution is -0.384. The van der Waals surface area contributed by atoms with Gasteiger partial charge >= 0.3 is 0 Å². The highest BCUT2D eigenvalue weighted by atomic mass is 35.5. The summed E-state index contributed by atoms with van der Waals surface area (Å²) in [6, 6.07) is 11.0. The number of carbonyl (C=O) groups is 2. The first kappa shape index (κ1) is 18.4. The minimum atomic E-state index is -0.605. The van der Waals surface area contributed by atoms with Crippen LogP contribution in [0.15, 0.2) is 47.4 Å². The van der Waals surface area contributed by atoms with E-state index in [1.807, 2.05) is 0 Å². The third-order valence-electron chi connectivity index (χ3n) is 3.59. The quantitative estimate of drug-likeness (QED) is 0.397. The molecule has 0 saturated carbocycles. The number of hydrogen-bond donors (Lipinski definition) is 0. The van der Waals surface area contributed by atoms with Crippen LogP contribution < -0.4 is 0 Å². The first-order chi connectivity index (χ1) is 12.3. The zero-order valence-electron chi connectivity index (χ0n) is 13.0. The molecular formula is C17H10Cl2N2O4S. The smallest absolute Gasteiger partial charge is 0.268 e. The fourth-order valence-corrected chi connectivity index (χ4v) is 3.47. The Labute approximate surface area is 162 Å². The topological polar surface area (TPSA) is 80.5 Å². The van der Waals surface area contributed by atoms with Gasteiger partial charge in [0.2, 0.25) is 0 Å². The molecule has 132 valence electrons. The summed E-state index contributed by atoms with van der Waals surface area (Å²) < 4.78 is 0. The maximum absolute atomic E-state index is 12.5. The second-order valence-corrected chi connectivity index (χ2v) is 7.20. The molecule has 0 aromatic heterocycles. The second kappa shape index (κ2) is 7.49. The lowest BCUT2D eigenvalue weighted by Crippen LogP contribution is -2.27. The number of amides is 2. The summed E-state index contributed by atoms with van der Waals surface area (Å²) in [7, 11) is 0. The molecule has 0 aliphatic carbocycles. The number of benzene rings is 2. The third kappa shape index (κ3) is 3.90. The van der Waals surface area contributed by atoms with Gasteiger partial charge in [0.1, 0.15) is 5.02 Å². The Morgan fingerprint density at radius 1 is 1.12 bits per heavy atom. The zero-order valence-corrected chi connectivity index (χ0v) is 15.3. The number of hydrogen-bond acceptors (Lipinski definition) is 5. The summed E-state index contributed by atoms with van der Waals surface area (Å²) in [6.07, 6.45) is 1.44. The number of rotatable bonds is 4. The van der Waals surface area contributed by atoms with Crippen molar-refractivity contribution in [1.29, 1.82) is 0 Å². The van der Waals surface area contributed by atoms with Crippen LogP contribution in [-0.2, 0) is 11.3 Å². The van der Waals surface area contributed by atoms with Crippen molar-refractivity contribution in [3.8, 4) is 0 Å². The highest BCUT2D eigenvalue weighted by Crippen LogP contribution is 2.34. The Balaban J connectivity index is 1.84. The third-order valence-corrected chi connectivity index (χ3v) is 5.07. The number of halogens is 2. The van der Waals surface area contributed by atoms with Gasteiger partial charge in [-0.3, -0.25) is 24.6 Å². The summed E-state index contributed by atoms with van der Waals surface area (Å²) in [4.78, 5) is 36.3. The van der Waals surface area contributed by atoms with Crippen molar-refractivity contribution in [2.24, 2.45) is 0 Å². The van der Waals surface area contributed by atoms with Gasteiger partial charge in [0.25, 0.3) is 16.8 Å². The largest absolute Gasteiger partial charge is 0.293 e. The minimum absolute atomic E-state index is 0.00277. The molecule has 0 atom stereocenters. The first-order valence-electron chi connectivity index (χ1n) is 7.29. The number of nitro groups is 1. The number of nitrogens with zero attached hydrogens (tertiary/aromatic N) is 2. The molecule has 0 spiro atoms. The van der Waals surface area contributed by atoms with E-state index in [9.17, 15) is 19.7 Å². The van der Waals surface area contributed by atoms with E-state index in [1.165, 1.54) is 18.2 Å². The van der Waals surface area contributed by atoms with Gasteiger partial charge in [-0.1, -0.05) is 41.4 Å². The van der Waals surface area contributed by atoms with Crippen molar-refractivity contribution in [1.82, 2.24) is 4.90 Å². The van der Waals surface area contributed by atoms with Crippen molar-refractivity contribution in [3.05, 3.63) is 78.7 Å². The Morgan fingerprint density at radius 2 is 1.81 bits per heavy atom. The van der Waals surface area contributed by atoms with Crippen molar-refractivity contribution < 1.29 is 14.5 Å². The van der Waals surface area contributed by atoms with Crippen LogP contribution in [-0.4, -0.2) is 21.0 Å². The predicted octanol–water partition coefficient (Wildman–Crippen LogP) is 5.14. The van der Waals surface area contributed by atoms with E-state index in [-0.39, 0.29) is 22.2 Å². The van der Waals surface area contributed by atoms with Gasteiger partial charge in [0.15, 0.2) is 0 Å². The monoisotopic (exact) mass is 408 g/mol. The van der Waals surface area contributed by atoms with Gasteiger partial charge in [-0.15, -0.1) is 0 Å². The molecule has 6 nitrogen and oxygen atoms in total. The second-order valence-electron chi connectivity index (χ2n) is 5.36. The van der Waals surface area contributed by atoms with Crippen LogP contribution in [0.25, 0.3) is 6.08 Å². The number of thioether (sulfide) groups is 1. The maximum Gasteiger partial charge on any atom is 0.293 e. The van der Waals surface area contributed by atoms with Gasteiger partial charge in [0, 0.05) is 11.1 Å². The van der Waals surface area contributed by atoms with E-state index in [2.05, 4.69) is 0 Å². The Hall–Kier alpha value is -2.35. The van der Waals surface area contributed by atoms with Gasteiger partial charge in [-0.25, -0.2) is 0 Å². The van der Waals surface area contributed by atoms with E-state index in [0.29, 0.717) is 10.6 Å². The van der Waals surface area contributed by atoms with E-state index in [4.69, 9.17) is 23.2 Å². The minimum Gasteiger partial charge on any atom is -0.268 e. The highest BCUT2D eigenvalue weighted by Gasteiger charge is 2.35. The summed E-state index contributed by atoms with van der Waals surface area (Å²) in [6.45, 7) is 0.125. The summed E-state index contributed by atoms with van der Waals surface area (Å²) >= 11 is 12.4. The van der Waals surface area contributed by atoms with E-state index in [1.54, 1.807) is 30.3 Å². The molecule has 1 aliphatic heterocycles. The average molecular weight is 409 g/mol. The van der Waals surface area contributed by atoms with Gasteiger partial charge in [0.05, 0.1) is 16.4 Å². The maximum atomic E-state index is 12.5. The number of imide groups is 1. The average Bonchev–Trinajstić information content (AvgIpc) is 2.85. The fraction of sp³-hybridized carbons (Fsp3) is 0.0588. The molecule has 1 saturated heterocycles. The van der Waals surface area contributed by atoms with Gasteiger partial charge < -0.3 is 0 Å². The SMILES string of the molecule is O=C1S/C(=C\c2ccc(Cl)c([N+](=O)[O-])c2)C(=O)N1Cc1ccc(Cl)cc1.